The number of halogens is 3. The number of amides is 1. The molecule has 1 aromatic heterocycles. The molecule has 1 rings (SSSR count). The maximum absolute atomic E-state index is 12.0. The number of carbonyl (C=O) groups excluding carboxylic acids is 1. The maximum atomic E-state index is 12.0. The number of carboxylic acid groups (broad SMARTS) is 1. The van der Waals surface area contributed by atoms with Gasteiger partial charge in [0.05, 0.1) is 17.4 Å². The quantitative estimate of drug-likeness (QED) is 0.832. The van der Waals surface area contributed by atoms with Crippen LogP contribution in [0.2, 0.25) is 0 Å². The molecule has 2 N–H and O–H groups in total. The van der Waals surface area contributed by atoms with E-state index < -0.39 is 18.1 Å². The summed E-state index contributed by atoms with van der Waals surface area (Å²) in [4.78, 5) is 24.8. The summed E-state index contributed by atoms with van der Waals surface area (Å²) in [6.45, 7) is 1.27. The first-order valence-corrected chi connectivity index (χ1v) is 4.29. The van der Waals surface area contributed by atoms with Gasteiger partial charge in [0.15, 0.2) is 0 Å². The average molecular weight is 248 g/mol. The zero-order valence-electron chi connectivity index (χ0n) is 8.50. The molecule has 0 fully saturated rings. The van der Waals surface area contributed by atoms with Gasteiger partial charge in [-0.3, -0.25) is 9.78 Å². The molecule has 0 aliphatic rings. The van der Waals surface area contributed by atoms with Gasteiger partial charge in [0.1, 0.15) is 0 Å². The first-order valence-electron chi connectivity index (χ1n) is 4.29. The van der Waals surface area contributed by atoms with Gasteiger partial charge in [-0.05, 0) is 12.5 Å². The number of nitrogens with zero attached hydrogens (tertiary/aromatic N) is 1. The molecule has 0 aliphatic carbocycles. The van der Waals surface area contributed by atoms with Crippen molar-refractivity contribution < 1.29 is 27.9 Å². The van der Waals surface area contributed by atoms with Crippen LogP contribution in [0.15, 0.2) is 12.4 Å². The van der Waals surface area contributed by atoms with Gasteiger partial charge in [-0.1, -0.05) is 0 Å². The number of rotatable bonds is 2. The number of aromatic carboxylic acids is 1. The van der Waals surface area contributed by atoms with Crippen molar-refractivity contribution in [2.75, 3.05) is 5.32 Å². The highest BCUT2D eigenvalue weighted by Gasteiger charge is 2.39. The van der Waals surface area contributed by atoms with E-state index in [0.717, 1.165) is 12.4 Å². The lowest BCUT2D eigenvalue weighted by Gasteiger charge is -2.11. The van der Waals surface area contributed by atoms with Gasteiger partial charge in [0.25, 0.3) is 0 Å². The van der Waals surface area contributed by atoms with E-state index in [9.17, 15) is 22.8 Å². The Labute approximate surface area is 93.3 Å². The summed E-state index contributed by atoms with van der Waals surface area (Å²) in [5.74, 6) is -3.51. The average Bonchev–Trinajstić information content (AvgIpc) is 2.19. The third-order valence-electron chi connectivity index (χ3n) is 1.95. The molecular weight excluding hydrogens is 241 g/mol. The monoisotopic (exact) mass is 248 g/mol. The molecule has 0 saturated carbocycles. The minimum atomic E-state index is -5.04. The fraction of sp³-hybridized carbons (Fsp3) is 0.222. The Kier molecular flexibility index (Phi) is 3.35. The van der Waals surface area contributed by atoms with Gasteiger partial charge in [0.2, 0.25) is 0 Å². The topological polar surface area (TPSA) is 79.3 Å². The molecule has 0 unspecified atom stereocenters. The van der Waals surface area contributed by atoms with E-state index in [2.05, 4.69) is 4.98 Å². The lowest BCUT2D eigenvalue weighted by Crippen LogP contribution is -2.30. The van der Waals surface area contributed by atoms with Crippen molar-refractivity contribution in [3.8, 4) is 0 Å². The molecule has 0 saturated heterocycles. The molecule has 0 spiro atoms. The maximum Gasteiger partial charge on any atom is 0.471 e. The summed E-state index contributed by atoms with van der Waals surface area (Å²) in [5.41, 5.74) is -0.553. The van der Waals surface area contributed by atoms with Crippen LogP contribution in [0.4, 0.5) is 18.9 Å². The number of carboxylic acids is 1. The lowest BCUT2D eigenvalue weighted by atomic mass is 10.1. The molecule has 5 nitrogen and oxygen atoms in total. The molecule has 0 bridgehead atoms. The van der Waals surface area contributed by atoms with Crippen LogP contribution in [-0.4, -0.2) is 28.1 Å². The minimum absolute atomic E-state index is 0.00472. The third-order valence-corrected chi connectivity index (χ3v) is 1.95. The van der Waals surface area contributed by atoms with Crippen LogP contribution in [-0.2, 0) is 4.79 Å². The predicted octanol–water partition coefficient (Wildman–Crippen LogP) is 1.59. The second kappa shape index (κ2) is 4.40. The van der Waals surface area contributed by atoms with Gasteiger partial charge >= 0.3 is 18.1 Å². The standard InChI is InChI=1S/C9H7F3N2O3/c1-4-5(7(15)16)2-13-3-6(4)14-8(17)9(10,11)12/h2-3H,1H3,(H,14,17)(H,15,16). The first-order chi connectivity index (χ1) is 7.73. The summed E-state index contributed by atoms with van der Waals surface area (Å²) >= 11 is 0. The molecule has 1 aromatic rings. The van der Waals surface area contributed by atoms with Crippen molar-refractivity contribution in [2.45, 2.75) is 13.1 Å². The second-order valence-electron chi connectivity index (χ2n) is 3.12. The Morgan fingerprint density at radius 2 is 1.94 bits per heavy atom. The second-order valence-corrected chi connectivity index (χ2v) is 3.12. The van der Waals surface area contributed by atoms with Gasteiger partial charge in [-0.15, -0.1) is 0 Å². The van der Waals surface area contributed by atoms with Crippen LogP contribution in [0.5, 0.6) is 0 Å². The first kappa shape index (κ1) is 12.9. The Balaban J connectivity index is 3.05. The number of hydrogen-bond acceptors (Lipinski definition) is 3. The normalized spacial score (nSPS) is 11.1. The third kappa shape index (κ3) is 2.92. The van der Waals surface area contributed by atoms with E-state index in [-0.39, 0.29) is 16.8 Å². The predicted molar refractivity (Wildman–Crippen MR) is 50.6 cm³/mol. The molecule has 0 radical (unpaired) electrons. The van der Waals surface area contributed by atoms with E-state index in [4.69, 9.17) is 5.11 Å². The zero-order valence-corrected chi connectivity index (χ0v) is 8.50. The molecule has 1 heterocycles. The van der Waals surface area contributed by atoms with Crippen molar-refractivity contribution in [1.82, 2.24) is 4.98 Å². The molecule has 0 aromatic carbocycles. The smallest absolute Gasteiger partial charge is 0.471 e. The number of pyridine rings is 1. The van der Waals surface area contributed by atoms with Crippen LogP contribution in [0.3, 0.4) is 0 Å². The fourth-order valence-corrected chi connectivity index (χ4v) is 1.06. The van der Waals surface area contributed by atoms with Gasteiger partial charge in [-0.25, -0.2) is 4.79 Å². The van der Waals surface area contributed by atoms with E-state index >= 15 is 0 Å². The lowest BCUT2D eigenvalue weighted by molar-refractivity contribution is -0.167. The van der Waals surface area contributed by atoms with Crippen LogP contribution < -0.4 is 5.32 Å². The number of hydrogen-bond donors (Lipinski definition) is 2. The SMILES string of the molecule is Cc1c(NC(=O)C(F)(F)F)cncc1C(=O)O. The van der Waals surface area contributed by atoms with E-state index in [1.54, 1.807) is 5.32 Å². The van der Waals surface area contributed by atoms with Crippen LogP contribution in [0, 0.1) is 6.92 Å². The molecule has 0 aliphatic heterocycles. The summed E-state index contributed by atoms with van der Waals surface area (Å²) in [6.07, 6.45) is -3.10. The molecular formula is C9H7F3N2O3. The number of alkyl halides is 3. The Bertz CT molecular complexity index is 471. The molecule has 1 amide bonds. The molecule has 8 heteroatoms. The Morgan fingerprint density at radius 3 is 2.41 bits per heavy atom. The Hall–Kier alpha value is -2.12. The van der Waals surface area contributed by atoms with Gasteiger partial charge in [-0.2, -0.15) is 13.2 Å². The van der Waals surface area contributed by atoms with Crippen molar-refractivity contribution >= 4 is 17.6 Å². The molecule has 92 valence electrons. The summed E-state index contributed by atoms with van der Waals surface area (Å²) in [6, 6.07) is 0. The summed E-state index contributed by atoms with van der Waals surface area (Å²) in [5, 5.41) is 10.3. The van der Waals surface area contributed by atoms with Gasteiger partial charge in [0, 0.05) is 6.20 Å². The van der Waals surface area contributed by atoms with Crippen molar-refractivity contribution in [3.05, 3.63) is 23.5 Å². The highest BCUT2D eigenvalue weighted by atomic mass is 19.4. The number of carbonyl (C=O) groups is 2. The van der Waals surface area contributed by atoms with Crippen LogP contribution in [0.25, 0.3) is 0 Å². The number of anilines is 1. The highest BCUT2D eigenvalue weighted by molar-refractivity contribution is 5.97. The summed E-state index contributed by atoms with van der Waals surface area (Å²) < 4.78 is 35.9. The number of nitrogens with one attached hydrogen (secondary N) is 1. The van der Waals surface area contributed by atoms with Crippen molar-refractivity contribution in [3.63, 3.8) is 0 Å². The van der Waals surface area contributed by atoms with E-state index in [1.165, 1.54) is 6.92 Å². The van der Waals surface area contributed by atoms with Crippen molar-refractivity contribution in [1.29, 1.82) is 0 Å². The Morgan fingerprint density at radius 1 is 1.35 bits per heavy atom. The van der Waals surface area contributed by atoms with Crippen LogP contribution in [0.1, 0.15) is 15.9 Å². The molecule has 0 atom stereocenters. The largest absolute Gasteiger partial charge is 0.478 e. The highest BCUT2D eigenvalue weighted by Crippen LogP contribution is 2.21. The van der Waals surface area contributed by atoms with E-state index in [0.29, 0.717) is 0 Å². The minimum Gasteiger partial charge on any atom is -0.478 e. The number of aromatic nitrogens is 1. The molecule has 17 heavy (non-hydrogen) atoms. The van der Waals surface area contributed by atoms with Crippen LogP contribution >= 0.6 is 0 Å². The fourth-order valence-electron chi connectivity index (χ4n) is 1.06. The zero-order chi connectivity index (χ0) is 13.2. The van der Waals surface area contributed by atoms with Crippen molar-refractivity contribution in [2.24, 2.45) is 0 Å². The van der Waals surface area contributed by atoms with E-state index in [1.807, 2.05) is 0 Å². The summed E-state index contributed by atoms with van der Waals surface area (Å²) in [7, 11) is 0. The van der Waals surface area contributed by atoms with Gasteiger partial charge < -0.3 is 10.4 Å².